The average Bonchev–Trinajstić information content (AvgIpc) is 3.05. The van der Waals surface area contributed by atoms with Crippen LogP contribution < -0.4 is 0 Å². The number of rotatable bonds is 5. The SMILES string of the molecule is Cc1ccc(F)c(-n2nnnc2CN(C)CC(=O)N2CCOCC2)c1. The van der Waals surface area contributed by atoms with E-state index in [1.807, 2.05) is 18.9 Å². The molecule has 0 unspecified atom stereocenters. The number of carbonyl (C=O) groups excluding carboxylic acids is 1. The maximum Gasteiger partial charge on any atom is 0.236 e. The van der Waals surface area contributed by atoms with E-state index >= 15 is 0 Å². The summed E-state index contributed by atoms with van der Waals surface area (Å²) in [6.45, 7) is 4.80. The van der Waals surface area contributed by atoms with Gasteiger partial charge in [0, 0.05) is 13.1 Å². The van der Waals surface area contributed by atoms with E-state index in [1.54, 1.807) is 17.0 Å². The predicted molar refractivity (Wildman–Crippen MR) is 87.6 cm³/mol. The molecule has 134 valence electrons. The van der Waals surface area contributed by atoms with Crippen LogP contribution in [-0.4, -0.2) is 75.8 Å². The molecule has 9 heteroatoms. The molecule has 0 atom stereocenters. The highest BCUT2D eigenvalue weighted by atomic mass is 19.1. The Hall–Kier alpha value is -2.39. The summed E-state index contributed by atoms with van der Waals surface area (Å²) in [7, 11) is 1.81. The minimum Gasteiger partial charge on any atom is -0.378 e. The topological polar surface area (TPSA) is 76.4 Å². The van der Waals surface area contributed by atoms with Gasteiger partial charge in [-0.3, -0.25) is 9.69 Å². The molecule has 0 spiro atoms. The molecule has 0 bridgehead atoms. The van der Waals surface area contributed by atoms with Crippen molar-refractivity contribution in [1.29, 1.82) is 0 Å². The van der Waals surface area contributed by atoms with E-state index < -0.39 is 5.82 Å². The molecule has 0 aliphatic carbocycles. The number of hydrogen-bond acceptors (Lipinski definition) is 6. The number of aryl methyl sites for hydroxylation is 1. The van der Waals surface area contributed by atoms with Gasteiger partial charge in [0.1, 0.15) is 11.5 Å². The molecular weight excluding hydrogens is 327 g/mol. The van der Waals surface area contributed by atoms with E-state index in [4.69, 9.17) is 4.74 Å². The Bertz CT molecular complexity index is 744. The summed E-state index contributed by atoms with van der Waals surface area (Å²) < 4.78 is 20.7. The molecule has 0 saturated carbocycles. The Labute approximate surface area is 145 Å². The van der Waals surface area contributed by atoms with Crippen LogP contribution in [0.3, 0.4) is 0 Å². The molecule has 1 fully saturated rings. The van der Waals surface area contributed by atoms with Crippen molar-refractivity contribution in [3.8, 4) is 5.69 Å². The maximum absolute atomic E-state index is 14.1. The lowest BCUT2D eigenvalue weighted by molar-refractivity contribution is -0.136. The van der Waals surface area contributed by atoms with Crippen LogP contribution in [0.2, 0.25) is 0 Å². The third kappa shape index (κ3) is 4.18. The largest absolute Gasteiger partial charge is 0.378 e. The summed E-state index contributed by atoms with van der Waals surface area (Å²) in [5.41, 5.74) is 1.21. The first-order valence-electron chi connectivity index (χ1n) is 8.12. The zero-order chi connectivity index (χ0) is 17.8. The van der Waals surface area contributed by atoms with Crippen LogP contribution in [0, 0.1) is 12.7 Å². The van der Waals surface area contributed by atoms with Crippen molar-refractivity contribution in [2.24, 2.45) is 0 Å². The normalized spacial score (nSPS) is 15.0. The zero-order valence-corrected chi connectivity index (χ0v) is 14.4. The molecule has 3 rings (SSSR count). The lowest BCUT2D eigenvalue weighted by atomic mass is 10.2. The standard InChI is InChI=1S/C16H21FN6O2/c1-12-3-4-13(17)14(9-12)23-15(18-19-20-23)10-21(2)11-16(24)22-5-7-25-8-6-22/h3-4,9H,5-8,10-11H2,1-2H3. The molecule has 1 aliphatic heterocycles. The lowest BCUT2D eigenvalue weighted by Crippen LogP contribution is -2.45. The number of halogens is 1. The first-order valence-corrected chi connectivity index (χ1v) is 8.12. The zero-order valence-electron chi connectivity index (χ0n) is 14.4. The number of aromatic nitrogens is 4. The fourth-order valence-corrected chi connectivity index (χ4v) is 2.72. The van der Waals surface area contributed by atoms with Crippen LogP contribution in [0.1, 0.15) is 11.4 Å². The van der Waals surface area contributed by atoms with E-state index in [0.717, 1.165) is 5.56 Å². The van der Waals surface area contributed by atoms with E-state index in [1.165, 1.54) is 10.7 Å². The highest BCUT2D eigenvalue weighted by Crippen LogP contribution is 2.16. The van der Waals surface area contributed by atoms with Crippen LogP contribution >= 0.6 is 0 Å². The fraction of sp³-hybridized carbons (Fsp3) is 0.500. The summed E-state index contributed by atoms with van der Waals surface area (Å²) in [4.78, 5) is 15.9. The van der Waals surface area contributed by atoms with Crippen molar-refractivity contribution in [3.05, 3.63) is 35.4 Å². The molecule has 0 N–H and O–H groups in total. The van der Waals surface area contributed by atoms with Crippen molar-refractivity contribution in [2.45, 2.75) is 13.5 Å². The minimum atomic E-state index is -0.397. The number of likely N-dealkylation sites (N-methyl/N-ethyl adjacent to an activating group) is 1. The Morgan fingerprint density at radius 3 is 2.88 bits per heavy atom. The first kappa shape index (κ1) is 17.4. The van der Waals surface area contributed by atoms with Crippen molar-refractivity contribution in [3.63, 3.8) is 0 Å². The van der Waals surface area contributed by atoms with E-state index in [-0.39, 0.29) is 12.5 Å². The smallest absolute Gasteiger partial charge is 0.236 e. The molecule has 1 saturated heterocycles. The van der Waals surface area contributed by atoms with Crippen LogP contribution in [0.5, 0.6) is 0 Å². The van der Waals surface area contributed by atoms with E-state index in [9.17, 15) is 9.18 Å². The van der Waals surface area contributed by atoms with Crippen molar-refractivity contribution >= 4 is 5.91 Å². The second kappa shape index (κ2) is 7.66. The number of tetrazole rings is 1. The Morgan fingerprint density at radius 2 is 2.12 bits per heavy atom. The highest BCUT2D eigenvalue weighted by Gasteiger charge is 2.20. The van der Waals surface area contributed by atoms with Crippen molar-refractivity contribution in [2.75, 3.05) is 39.9 Å². The summed E-state index contributed by atoms with van der Waals surface area (Å²) in [5, 5.41) is 11.5. The third-order valence-electron chi connectivity index (χ3n) is 4.04. The summed E-state index contributed by atoms with van der Waals surface area (Å²) in [6.07, 6.45) is 0. The number of nitrogens with zero attached hydrogens (tertiary/aromatic N) is 6. The van der Waals surface area contributed by atoms with Crippen LogP contribution in [0.4, 0.5) is 4.39 Å². The first-order chi connectivity index (χ1) is 12.0. The van der Waals surface area contributed by atoms with Gasteiger partial charge in [-0.25, -0.2) is 4.39 Å². The number of benzene rings is 1. The van der Waals surface area contributed by atoms with Gasteiger partial charge in [-0.2, -0.15) is 4.68 Å². The Morgan fingerprint density at radius 1 is 1.36 bits per heavy atom. The molecule has 2 heterocycles. The predicted octanol–water partition coefficient (Wildman–Crippen LogP) is 0.400. The Balaban J connectivity index is 1.68. The second-order valence-corrected chi connectivity index (χ2v) is 6.13. The quantitative estimate of drug-likeness (QED) is 0.779. The van der Waals surface area contributed by atoms with Gasteiger partial charge in [0.25, 0.3) is 0 Å². The summed E-state index contributed by atoms with van der Waals surface area (Å²) in [6, 6.07) is 4.77. The molecular formula is C16H21FN6O2. The van der Waals surface area contributed by atoms with E-state index in [0.29, 0.717) is 44.4 Å². The maximum atomic E-state index is 14.1. The summed E-state index contributed by atoms with van der Waals surface area (Å²) >= 11 is 0. The summed E-state index contributed by atoms with van der Waals surface area (Å²) in [5.74, 6) is 0.111. The van der Waals surface area contributed by atoms with Crippen LogP contribution in [0.15, 0.2) is 18.2 Å². The second-order valence-electron chi connectivity index (χ2n) is 6.13. The van der Waals surface area contributed by atoms with Gasteiger partial charge in [0.15, 0.2) is 5.82 Å². The molecule has 25 heavy (non-hydrogen) atoms. The van der Waals surface area contributed by atoms with E-state index in [2.05, 4.69) is 15.5 Å². The van der Waals surface area contributed by atoms with Crippen molar-refractivity contribution < 1.29 is 13.9 Å². The molecule has 0 radical (unpaired) electrons. The number of carbonyl (C=O) groups is 1. The molecule has 1 amide bonds. The van der Waals surface area contributed by atoms with Gasteiger partial charge < -0.3 is 9.64 Å². The van der Waals surface area contributed by atoms with Crippen LogP contribution in [-0.2, 0) is 16.1 Å². The molecule has 1 aromatic carbocycles. The number of morpholine rings is 1. The molecule has 1 aliphatic rings. The lowest BCUT2D eigenvalue weighted by Gasteiger charge is -2.28. The monoisotopic (exact) mass is 348 g/mol. The van der Waals surface area contributed by atoms with Gasteiger partial charge in [0.2, 0.25) is 5.91 Å². The minimum absolute atomic E-state index is 0.0339. The van der Waals surface area contributed by atoms with Crippen LogP contribution in [0.25, 0.3) is 5.69 Å². The molecule has 2 aromatic rings. The van der Waals surface area contributed by atoms with Gasteiger partial charge >= 0.3 is 0 Å². The number of hydrogen-bond donors (Lipinski definition) is 0. The van der Waals surface area contributed by atoms with Gasteiger partial charge in [-0.1, -0.05) is 6.07 Å². The van der Waals surface area contributed by atoms with Gasteiger partial charge in [-0.05, 0) is 42.1 Å². The molecule has 8 nitrogen and oxygen atoms in total. The van der Waals surface area contributed by atoms with Gasteiger partial charge in [0.05, 0.1) is 26.3 Å². The fourth-order valence-electron chi connectivity index (χ4n) is 2.72. The van der Waals surface area contributed by atoms with Crippen molar-refractivity contribution in [1.82, 2.24) is 30.0 Å². The number of ether oxygens (including phenoxy) is 1. The number of amides is 1. The average molecular weight is 348 g/mol. The third-order valence-corrected chi connectivity index (χ3v) is 4.04. The Kier molecular flexibility index (Phi) is 5.34. The highest BCUT2D eigenvalue weighted by molar-refractivity contribution is 5.78. The van der Waals surface area contributed by atoms with Gasteiger partial charge in [-0.15, -0.1) is 5.10 Å². The molecule has 1 aromatic heterocycles.